The summed E-state index contributed by atoms with van der Waals surface area (Å²) in [5.74, 6) is -0.224. The van der Waals surface area contributed by atoms with E-state index in [1.165, 1.54) is 0 Å². The molecule has 0 aliphatic carbocycles. The molecular weight excluding hydrogens is 332 g/mol. The third-order valence-corrected chi connectivity index (χ3v) is 4.48. The lowest BCUT2D eigenvalue weighted by molar-refractivity contribution is 0.0947. The molecule has 0 aromatic heterocycles. The van der Waals surface area contributed by atoms with Gasteiger partial charge in [0.05, 0.1) is 0 Å². The molecule has 0 radical (unpaired) electrons. The van der Waals surface area contributed by atoms with E-state index in [2.05, 4.69) is 24.5 Å². The predicted molar refractivity (Wildman–Crippen MR) is 103 cm³/mol. The molecule has 2 N–H and O–H groups in total. The summed E-state index contributed by atoms with van der Waals surface area (Å²) >= 11 is 1.77. The van der Waals surface area contributed by atoms with Crippen LogP contribution < -0.4 is 10.6 Å². The average Bonchev–Trinajstić information content (AvgIpc) is 2.60. The van der Waals surface area contributed by atoms with Gasteiger partial charge in [0.1, 0.15) is 0 Å². The molecule has 0 fully saturated rings. The fourth-order valence-electron chi connectivity index (χ4n) is 2.33. The fraction of sp³-hybridized carbons (Fsp3) is 0.300. The maximum absolute atomic E-state index is 12.3. The summed E-state index contributed by atoms with van der Waals surface area (Å²) < 4.78 is 0. The van der Waals surface area contributed by atoms with E-state index >= 15 is 0 Å². The highest BCUT2D eigenvalue weighted by Gasteiger charge is 2.08. The minimum Gasteiger partial charge on any atom is -0.352 e. The van der Waals surface area contributed by atoms with Crippen molar-refractivity contribution in [2.75, 3.05) is 6.54 Å². The Morgan fingerprint density at radius 1 is 0.960 bits per heavy atom. The van der Waals surface area contributed by atoms with Crippen molar-refractivity contribution in [2.24, 2.45) is 0 Å². The predicted octanol–water partition coefficient (Wildman–Crippen LogP) is 3.87. The van der Waals surface area contributed by atoms with Crippen LogP contribution in [0, 0.1) is 0 Å². The number of benzene rings is 2. The Labute approximate surface area is 153 Å². The van der Waals surface area contributed by atoms with Crippen molar-refractivity contribution < 1.29 is 9.59 Å². The third-order valence-electron chi connectivity index (χ3n) is 3.47. The van der Waals surface area contributed by atoms with Crippen LogP contribution in [0.3, 0.4) is 0 Å². The molecule has 0 saturated heterocycles. The molecule has 0 spiro atoms. The highest BCUT2D eigenvalue weighted by Crippen LogP contribution is 2.22. The van der Waals surface area contributed by atoms with E-state index < -0.39 is 0 Å². The van der Waals surface area contributed by atoms with Gasteiger partial charge in [-0.25, -0.2) is 0 Å². The largest absolute Gasteiger partial charge is 0.352 e. The molecule has 5 heteroatoms. The molecule has 0 saturated carbocycles. The monoisotopic (exact) mass is 356 g/mol. The molecule has 132 valence electrons. The summed E-state index contributed by atoms with van der Waals surface area (Å²) in [5, 5.41) is 6.18. The van der Waals surface area contributed by atoms with E-state index in [-0.39, 0.29) is 11.8 Å². The highest BCUT2D eigenvalue weighted by atomic mass is 32.2. The van der Waals surface area contributed by atoms with Crippen molar-refractivity contribution in [3.8, 4) is 0 Å². The number of nitrogens with one attached hydrogen (secondary N) is 2. The van der Waals surface area contributed by atoms with E-state index in [0.29, 0.717) is 29.5 Å². The van der Waals surface area contributed by atoms with Crippen LogP contribution in [0.5, 0.6) is 0 Å². The van der Waals surface area contributed by atoms with Crippen LogP contribution >= 0.6 is 11.8 Å². The van der Waals surface area contributed by atoms with Crippen LogP contribution in [0.4, 0.5) is 0 Å². The molecule has 0 atom stereocenters. The number of carbonyl (C=O) groups excluding carboxylic acids is 2. The maximum Gasteiger partial charge on any atom is 0.251 e. The summed E-state index contributed by atoms with van der Waals surface area (Å²) in [5.41, 5.74) is 2.13. The summed E-state index contributed by atoms with van der Waals surface area (Å²) in [7, 11) is 0. The number of thioether (sulfide) groups is 1. The Morgan fingerprint density at radius 2 is 1.64 bits per heavy atom. The fourth-order valence-corrected chi connectivity index (χ4v) is 3.16. The number of carbonyl (C=O) groups is 2. The minimum absolute atomic E-state index is 0.103. The standard InChI is InChI=1S/C20H24N2O2S/c1-4-21-20(24)17-7-5-6-15(12-17)13-22-19(23)16-8-10-18(11-9-16)25-14(2)3/h5-12,14H,4,13H2,1-3H3,(H,21,24)(H,22,23). The third kappa shape index (κ3) is 5.94. The van der Waals surface area contributed by atoms with Gasteiger partial charge in [-0.1, -0.05) is 26.0 Å². The van der Waals surface area contributed by atoms with Gasteiger partial charge in [0, 0.05) is 34.4 Å². The number of amides is 2. The lowest BCUT2D eigenvalue weighted by Crippen LogP contribution is -2.24. The zero-order valence-corrected chi connectivity index (χ0v) is 15.7. The molecule has 0 aliphatic rings. The smallest absolute Gasteiger partial charge is 0.251 e. The molecule has 2 amide bonds. The highest BCUT2D eigenvalue weighted by molar-refractivity contribution is 7.99. The van der Waals surface area contributed by atoms with Crippen molar-refractivity contribution in [1.29, 1.82) is 0 Å². The lowest BCUT2D eigenvalue weighted by Gasteiger charge is -2.09. The number of hydrogen-bond donors (Lipinski definition) is 2. The van der Waals surface area contributed by atoms with Crippen LogP contribution in [0.2, 0.25) is 0 Å². The first-order valence-corrected chi connectivity index (χ1v) is 9.29. The summed E-state index contributed by atoms with van der Waals surface area (Å²) in [4.78, 5) is 25.3. The zero-order valence-electron chi connectivity index (χ0n) is 14.8. The van der Waals surface area contributed by atoms with Crippen LogP contribution in [0.25, 0.3) is 0 Å². The Bertz CT molecular complexity index is 727. The molecule has 25 heavy (non-hydrogen) atoms. The molecule has 4 nitrogen and oxygen atoms in total. The Morgan fingerprint density at radius 3 is 2.28 bits per heavy atom. The molecule has 0 aliphatic heterocycles. The van der Waals surface area contributed by atoms with Gasteiger partial charge in [0.15, 0.2) is 0 Å². The first-order valence-electron chi connectivity index (χ1n) is 8.41. The molecule has 0 unspecified atom stereocenters. The van der Waals surface area contributed by atoms with Crippen molar-refractivity contribution in [1.82, 2.24) is 10.6 Å². The second-order valence-corrected chi connectivity index (χ2v) is 7.58. The van der Waals surface area contributed by atoms with Crippen molar-refractivity contribution in [3.05, 3.63) is 65.2 Å². The van der Waals surface area contributed by atoms with Gasteiger partial charge in [-0.05, 0) is 48.9 Å². The van der Waals surface area contributed by atoms with Gasteiger partial charge in [0.2, 0.25) is 0 Å². The van der Waals surface area contributed by atoms with E-state index in [9.17, 15) is 9.59 Å². The number of rotatable bonds is 7. The Hall–Kier alpha value is -2.27. The quantitative estimate of drug-likeness (QED) is 0.741. The van der Waals surface area contributed by atoms with E-state index in [0.717, 1.165) is 10.5 Å². The van der Waals surface area contributed by atoms with E-state index in [1.807, 2.05) is 43.3 Å². The first kappa shape index (κ1) is 19.1. The first-order chi connectivity index (χ1) is 12.0. The molecule has 2 rings (SSSR count). The van der Waals surface area contributed by atoms with E-state index in [1.54, 1.807) is 23.9 Å². The molecule has 0 heterocycles. The summed E-state index contributed by atoms with van der Waals surface area (Å²) in [6.07, 6.45) is 0. The number of hydrogen-bond acceptors (Lipinski definition) is 3. The Kier molecular flexibility index (Phi) is 7.07. The van der Waals surface area contributed by atoms with Gasteiger partial charge >= 0.3 is 0 Å². The average molecular weight is 356 g/mol. The zero-order chi connectivity index (χ0) is 18.2. The minimum atomic E-state index is -0.121. The summed E-state index contributed by atoms with van der Waals surface area (Å²) in [6, 6.07) is 14.9. The SMILES string of the molecule is CCNC(=O)c1cccc(CNC(=O)c2ccc(SC(C)C)cc2)c1. The molecular formula is C20H24N2O2S. The normalized spacial score (nSPS) is 10.6. The summed E-state index contributed by atoms with van der Waals surface area (Å²) in [6.45, 7) is 7.13. The lowest BCUT2D eigenvalue weighted by atomic mass is 10.1. The van der Waals surface area contributed by atoms with Crippen LogP contribution in [-0.2, 0) is 6.54 Å². The molecule has 2 aromatic rings. The van der Waals surface area contributed by atoms with Gasteiger partial charge in [0.25, 0.3) is 11.8 Å². The van der Waals surface area contributed by atoms with Crippen LogP contribution in [0.1, 0.15) is 47.1 Å². The molecule has 2 aromatic carbocycles. The van der Waals surface area contributed by atoms with Crippen LogP contribution in [-0.4, -0.2) is 23.6 Å². The van der Waals surface area contributed by atoms with Crippen LogP contribution in [0.15, 0.2) is 53.4 Å². The van der Waals surface area contributed by atoms with Gasteiger partial charge in [-0.2, -0.15) is 0 Å². The molecule has 0 bridgehead atoms. The van der Waals surface area contributed by atoms with Gasteiger partial charge in [-0.3, -0.25) is 9.59 Å². The van der Waals surface area contributed by atoms with Gasteiger partial charge < -0.3 is 10.6 Å². The second-order valence-electron chi connectivity index (χ2n) is 5.93. The maximum atomic E-state index is 12.3. The topological polar surface area (TPSA) is 58.2 Å². The Balaban J connectivity index is 1.95. The van der Waals surface area contributed by atoms with Crippen molar-refractivity contribution >= 4 is 23.6 Å². The van der Waals surface area contributed by atoms with E-state index in [4.69, 9.17) is 0 Å². The van der Waals surface area contributed by atoms with Gasteiger partial charge in [-0.15, -0.1) is 11.8 Å². The van der Waals surface area contributed by atoms with Crippen molar-refractivity contribution in [3.63, 3.8) is 0 Å². The van der Waals surface area contributed by atoms with Crippen molar-refractivity contribution in [2.45, 2.75) is 37.5 Å². The second kappa shape index (κ2) is 9.28.